The Morgan fingerprint density at radius 3 is 2.45 bits per heavy atom. The van der Waals surface area contributed by atoms with Crippen molar-refractivity contribution in [3.8, 4) is 5.69 Å². The number of para-hydroxylation sites is 1. The molecule has 0 aliphatic carbocycles. The Bertz CT molecular complexity index is 1710. The van der Waals surface area contributed by atoms with Crippen LogP contribution >= 0.6 is 11.3 Å². The van der Waals surface area contributed by atoms with E-state index in [4.69, 9.17) is 4.42 Å². The van der Waals surface area contributed by atoms with Gasteiger partial charge in [0.05, 0.1) is 27.7 Å². The summed E-state index contributed by atoms with van der Waals surface area (Å²) in [7, 11) is 0. The van der Waals surface area contributed by atoms with Crippen molar-refractivity contribution in [1.82, 2.24) is 4.57 Å². The van der Waals surface area contributed by atoms with Crippen molar-refractivity contribution in [2.24, 2.45) is 0 Å². The van der Waals surface area contributed by atoms with Gasteiger partial charge in [0, 0.05) is 37.7 Å². The smallest absolute Gasteiger partial charge is 0.135 e. The van der Waals surface area contributed by atoms with Gasteiger partial charge in [0.15, 0.2) is 0 Å². The van der Waals surface area contributed by atoms with Crippen LogP contribution in [0.2, 0.25) is 0 Å². The van der Waals surface area contributed by atoms with E-state index in [0.29, 0.717) is 0 Å². The highest BCUT2D eigenvalue weighted by atomic mass is 32.1. The quantitative estimate of drug-likeness (QED) is 0.279. The summed E-state index contributed by atoms with van der Waals surface area (Å²) < 4.78 is 10.8. The van der Waals surface area contributed by atoms with Crippen molar-refractivity contribution < 1.29 is 4.42 Å². The second kappa shape index (κ2) is 5.49. The fraction of sp³-hybridized carbons (Fsp3) is 0. The van der Waals surface area contributed by atoms with Gasteiger partial charge in [-0.05, 0) is 30.3 Å². The molecule has 7 aromatic rings. The van der Waals surface area contributed by atoms with E-state index >= 15 is 0 Å². The Morgan fingerprint density at radius 2 is 1.48 bits per heavy atom. The van der Waals surface area contributed by atoms with E-state index in [1.807, 2.05) is 17.4 Å². The first-order valence-electron chi connectivity index (χ1n) is 9.69. The summed E-state index contributed by atoms with van der Waals surface area (Å²) in [6.45, 7) is 0. The van der Waals surface area contributed by atoms with Gasteiger partial charge < -0.3 is 8.98 Å². The third kappa shape index (κ3) is 2.00. The lowest BCUT2D eigenvalue weighted by molar-refractivity contribution is 0.616. The number of hydrogen-bond acceptors (Lipinski definition) is 2. The van der Waals surface area contributed by atoms with Gasteiger partial charge in [-0.2, -0.15) is 0 Å². The normalized spacial score (nSPS) is 12.1. The van der Waals surface area contributed by atoms with Crippen LogP contribution < -0.4 is 0 Å². The highest BCUT2D eigenvalue weighted by Crippen LogP contribution is 2.41. The zero-order valence-electron chi connectivity index (χ0n) is 15.4. The number of furan rings is 1. The Hall–Kier alpha value is -3.56. The lowest BCUT2D eigenvalue weighted by atomic mass is 10.1. The van der Waals surface area contributed by atoms with Crippen LogP contribution in [0.25, 0.3) is 58.6 Å². The minimum atomic E-state index is 0.921. The fourth-order valence-corrected chi connectivity index (χ4v) is 5.80. The first kappa shape index (κ1) is 15.4. The molecule has 0 atom stereocenters. The van der Waals surface area contributed by atoms with Gasteiger partial charge in [-0.15, -0.1) is 11.3 Å². The number of nitrogens with zero attached hydrogens (tertiary/aromatic N) is 1. The molecule has 3 heteroatoms. The number of thiophene rings is 1. The third-order valence-corrected chi connectivity index (χ3v) is 7.08. The van der Waals surface area contributed by atoms with Gasteiger partial charge in [0.2, 0.25) is 0 Å². The number of hydrogen-bond donors (Lipinski definition) is 0. The van der Waals surface area contributed by atoms with Crippen molar-refractivity contribution in [3.63, 3.8) is 0 Å². The molecule has 0 aliphatic heterocycles. The molecule has 2 nitrogen and oxygen atoms in total. The molecule has 136 valence electrons. The molecule has 0 saturated carbocycles. The minimum absolute atomic E-state index is 0.921. The van der Waals surface area contributed by atoms with Crippen LogP contribution in [0.3, 0.4) is 0 Å². The molecule has 0 radical (unpaired) electrons. The molecule has 0 N–H and O–H groups in total. The van der Waals surface area contributed by atoms with E-state index in [0.717, 1.165) is 11.0 Å². The summed E-state index contributed by atoms with van der Waals surface area (Å²) in [6, 6.07) is 30.4. The standard InChI is InChI=1S/C26H15NOS/c1-3-9-21-17(6-1)20-14-16-12-13-28-24(16)15-23(20)27(21)22-10-5-8-19-18-7-2-4-11-25(18)29-26(19)22/h1-15H. The molecule has 29 heavy (non-hydrogen) atoms. The van der Waals surface area contributed by atoms with Crippen molar-refractivity contribution in [2.45, 2.75) is 0 Å². The molecule has 0 bridgehead atoms. The summed E-state index contributed by atoms with van der Waals surface area (Å²) in [5.41, 5.74) is 4.55. The molecule has 7 rings (SSSR count). The lowest BCUT2D eigenvalue weighted by Gasteiger charge is -2.09. The minimum Gasteiger partial charge on any atom is -0.464 e. The zero-order valence-corrected chi connectivity index (χ0v) is 16.2. The molecule has 3 aromatic heterocycles. The Labute approximate surface area is 170 Å². The molecular weight excluding hydrogens is 374 g/mol. The molecule has 3 heterocycles. The average Bonchev–Trinajstić information content (AvgIpc) is 3.45. The third-order valence-electron chi connectivity index (χ3n) is 5.87. The maximum Gasteiger partial charge on any atom is 0.135 e. The van der Waals surface area contributed by atoms with Gasteiger partial charge >= 0.3 is 0 Å². The van der Waals surface area contributed by atoms with Crippen molar-refractivity contribution >= 4 is 64.3 Å². The second-order valence-electron chi connectivity index (χ2n) is 7.43. The topological polar surface area (TPSA) is 18.1 Å². The van der Waals surface area contributed by atoms with E-state index in [2.05, 4.69) is 83.4 Å². The average molecular weight is 389 g/mol. The first-order chi connectivity index (χ1) is 14.4. The van der Waals surface area contributed by atoms with Gasteiger partial charge in [-0.3, -0.25) is 0 Å². The SMILES string of the molecule is c1ccc2c(c1)sc1c(-n3c4ccccc4c4cc5ccoc5cc43)cccc12. The van der Waals surface area contributed by atoms with Gasteiger partial charge in [0.1, 0.15) is 5.58 Å². The Balaban J connectivity index is 1.71. The van der Waals surface area contributed by atoms with Crippen LogP contribution in [0.4, 0.5) is 0 Å². The summed E-state index contributed by atoms with van der Waals surface area (Å²) >= 11 is 1.86. The zero-order chi connectivity index (χ0) is 18.9. The number of benzene rings is 4. The van der Waals surface area contributed by atoms with Crippen molar-refractivity contribution in [2.75, 3.05) is 0 Å². The summed E-state index contributed by atoms with van der Waals surface area (Å²) in [6.07, 6.45) is 1.77. The Kier molecular flexibility index (Phi) is 2.91. The van der Waals surface area contributed by atoms with Gasteiger partial charge in [-0.1, -0.05) is 48.5 Å². The van der Waals surface area contributed by atoms with Crippen molar-refractivity contribution in [1.29, 1.82) is 0 Å². The van der Waals surface area contributed by atoms with Crippen LogP contribution in [0.5, 0.6) is 0 Å². The largest absolute Gasteiger partial charge is 0.464 e. The molecule has 4 aromatic carbocycles. The maximum atomic E-state index is 5.74. The highest BCUT2D eigenvalue weighted by molar-refractivity contribution is 7.26. The van der Waals surface area contributed by atoms with E-state index in [1.54, 1.807) is 6.26 Å². The molecule has 0 spiro atoms. The summed E-state index contributed by atoms with van der Waals surface area (Å²) in [5, 5.41) is 6.30. The summed E-state index contributed by atoms with van der Waals surface area (Å²) in [4.78, 5) is 0. The van der Waals surface area contributed by atoms with Gasteiger partial charge in [-0.25, -0.2) is 0 Å². The van der Waals surface area contributed by atoms with E-state index < -0.39 is 0 Å². The number of rotatable bonds is 1. The van der Waals surface area contributed by atoms with E-state index in [1.165, 1.54) is 47.7 Å². The number of aromatic nitrogens is 1. The van der Waals surface area contributed by atoms with E-state index in [9.17, 15) is 0 Å². The lowest BCUT2D eigenvalue weighted by Crippen LogP contribution is -1.93. The predicted molar refractivity (Wildman–Crippen MR) is 123 cm³/mol. The van der Waals surface area contributed by atoms with Crippen LogP contribution in [-0.2, 0) is 0 Å². The van der Waals surface area contributed by atoms with Crippen LogP contribution in [-0.4, -0.2) is 4.57 Å². The van der Waals surface area contributed by atoms with E-state index in [-0.39, 0.29) is 0 Å². The molecule has 0 aliphatic rings. The molecule has 0 fully saturated rings. The fourth-order valence-electron chi connectivity index (χ4n) is 4.59. The monoisotopic (exact) mass is 389 g/mol. The predicted octanol–water partition coefficient (Wildman–Crippen LogP) is 7.90. The van der Waals surface area contributed by atoms with Crippen LogP contribution in [0.15, 0.2) is 95.6 Å². The first-order valence-corrected chi connectivity index (χ1v) is 10.5. The maximum absolute atomic E-state index is 5.74. The highest BCUT2D eigenvalue weighted by Gasteiger charge is 2.17. The molecule has 0 saturated heterocycles. The summed E-state index contributed by atoms with van der Waals surface area (Å²) in [5.74, 6) is 0. The second-order valence-corrected chi connectivity index (χ2v) is 8.48. The molecular formula is C26H15NOS. The van der Waals surface area contributed by atoms with Crippen LogP contribution in [0, 0.1) is 0 Å². The molecule has 0 unspecified atom stereocenters. The molecule has 0 amide bonds. The Morgan fingerprint density at radius 1 is 0.655 bits per heavy atom. The number of fused-ring (bicyclic) bond motifs is 7. The van der Waals surface area contributed by atoms with Crippen molar-refractivity contribution in [3.05, 3.63) is 91.2 Å². The van der Waals surface area contributed by atoms with Gasteiger partial charge in [0.25, 0.3) is 0 Å². The van der Waals surface area contributed by atoms with Crippen LogP contribution in [0.1, 0.15) is 0 Å².